The van der Waals surface area contributed by atoms with E-state index < -0.39 is 0 Å². The second-order valence-electron chi connectivity index (χ2n) is 6.46. The lowest BCUT2D eigenvalue weighted by molar-refractivity contribution is 0.296. The molecule has 0 saturated heterocycles. The Labute approximate surface area is 149 Å². The molecule has 25 heavy (non-hydrogen) atoms. The van der Waals surface area contributed by atoms with Crippen LogP contribution in [0.4, 0.5) is 5.82 Å². The Kier molecular flexibility index (Phi) is 5.51. The highest BCUT2D eigenvalue weighted by Crippen LogP contribution is 2.34. The van der Waals surface area contributed by atoms with E-state index in [0.717, 1.165) is 53.8 Å². The molecule has 1 aromatic heterocycles. The summed E-state index contributed by atoms with van der Waals surface area (Å²) >= 11 is 0. The zero-order chi connectivity index (χ0) is 17.6. The molecule has 0 radical (unpaired) electrons. The van der Waals surface area contributed by atoms with E-state index in [4.69, 9.17) is 10.5 Å². The highest BCUT2D eigenvalue weighted by atomic mass is 16.5. The lowest BCUT2D eigenvalue weighted by Crippen LogP contribution is -2.13. The van der Waals surface area contributed by atoms with Gasteiger partial charge in [0.05, 0.1) is 12.3 Å². The molecule has 2 aromatic carbocycles. The largest absolute Gasteiger partial charge is 0.493 e. The van der Waals surface area contributed by atoms with Crippen molar-refractivity contribution >= 4 is 16.6 Å². The Balaban J connectivity index is 1.84. The molecule has 0 unspecified atom stereocenters. The summed E-state index contributed by atoms with van der Waals surface area (Å²) < 4.78 is 6.05. The molecular formula is C21H25N3O. The first-order valence-electron chi connectivity index (χ1n) is 8.67. The molecule has 3 aromatic rings. The van der Waals surface area contributed by atoms with Gasteiger partial charge >= 0.3 is 0 Å². The predicted molar refractivity (Wildman–Crippen MR) is 105 cm³/mol. The Morgan fingerprint density at radius 1 is 0.920 bits per heavy atom. The summed E-state index contributed by atoms with van der Waals surface area (Å²) in [6.07, 6.45) is 2.18. The van der Waals surface area contributed by atoms with Crippen LogP contribution in [0, 0.1) is 0 Å². The molecule has 0 bridgehead atoms. The molecule has 0 aliphatic carbocycles. The maximum Gasteiger partial charge on any atom is 0.127 e. The van der Waals surface area contributed by atoms with Crippen molar-refractivity contribution in [3.05, 3.63) is 54.6 Å². The number of nitrogens with zero attached hydrogens (tertiary/aromatic N) is 2. The lowest BCUT2D eigenvalue weighted by atomic mass is 10.0. The van der Waals surface area contributed by atoms with Crippen LogP contribution in [-0.4, -0.2) is 37.1 Å². The average Bonchev–Trinajstić information content (AvgIpc) is 2.61. The number of pyridine rings is 1. The number of nitrogens with two attached hydrogens (primary N) is 1. The van der Waals surface area contributed by atoms with Gasteiger partial charge in [0.1, 0.15) is 11.6 Å². The van der Waals surface area contributed by atoms with Crippen molar-refractivity contribution in [1.29, 1.82) is 0 Å². The summed E-state index contributed by atoms with van der Waals surface area (Å²) in [6.45, 7) is 1.82. The number of benzene rings is 2. The van der Waals surface area contributed by atoms with Crippen LogP contribution in [0.25, 0.3) is 22.0 Å². The number of rotatable bonds is 7. The summed E-state index contributed by atoms with van der Waals surface area (Å²) in [5, 5.41) is 2.24. The molecule has 3 rings (SSSR count). The van der Waals surface area contributed by atoms with Crippen LogP contribution in [0.5, 0.6) is 5.75 Å². The normalized spacial score (nSPS) is 11.2. The molecule has 0 atom stereocenters. The van der Waals surface area contributed by atoms with Gasteiger partial charge in [0.15, 0.2) is 0 Å². The molecule has 130 valence electrons. The topological polar surface area (TPSA) is 51.4 Å². The van der Waals surface area contributed by atoms with Crippen LogP contribution in [0.15, 0.2) is 54.6 Å². The van der Waals surface area contributed by atoms with Gasteiger partial charge in [-0.3, -0.25) is 0 Å². The number of aromatic nitrogens is 1. The minimum atomic E-state index is 0.530. The molecule has 0 spiro atoms. The Bertz CT molecular complexity index is 845. The first-order chi connectivity index (χ1) is 12.1. The van der Waals surface area contributed by atoms with Crippen LogP contribution in [0.1, 0.15) is 12.8 Å². The van der Waals surface area contributed by atoms with Gasteiger partial charge in [-0.15, -0.1) is 0 Å². The van der Waals surface area contributed by atoms with E-state index in [1.807, 2.05) is 30.3 Å². The molecule has 0 saturated carbocycles. The number of unbranched alkanes of at least 4 members (excludes halogenated alkanes) is 1. The number of hydrogen-bond donors (Lipinski definition) is 1. The van der Waals surface area contributed by atoms with Crippen molar-refractivity contribution in [1.82, 2.24) is 9.88 Å². The molecule has 0 amide bonds. The first kappa shape index (κ1) is 17.2. The monoisotopic (exact) mass is 335 g/mol. The number of hydrogen-bond acceptors (Lipinski definition) is 4. The van der Waals surface area contributed by atoms with Crippen molar-refractivity contribution in [2.24, 2.45) is 0 Å². The summed E-state index contributed by atoms with van der Waals surface area (Å²) in [5.41, 5.74) is 7.80. The van der Waals surface area contributed by atoms with Gasteiger partial charge in [0.2, 0.25) is 0 Å². The molecular weight excluding hydrogens is 310 g/mol. The van der Waals surface area contributed by atoms with Gasteiger partial charge in [-0.25, -0.2) is 4.98 Å². The van der Waals surface area contributed by atoms with Gasteiger partial charge in [-0.05, 0) is 63.1 Å². The molecule has 2 N–H and O–H groups in total. The minimum absolute atomic E-state index is 0.530. The SMILES string of the molecule is CN(C)CCCCOc1ccc(-c2cccc(N)n2)c2ccccc12. The average molecular weight is 335 g/mol. The standard InChI is InChI=1S/C21H25N3O/c1-24(2)14-5-6-15-25-20-13-12-17(16-8-3-4-9-18(16)20)19-10-7-11-21(22)23-19/h3-4,7-13H,5-6,14-15H2,1-2H3,(H2,22,23). The first-order valence-corrected chi connectivity index (χ1v) is 8.67. The van der Waals surface area contributed by atoms with Crippen molar-refractivity contribution in [3.8, 4) is 17.0 Å². The fourth-order valence-corrected chi connectivity index (χ4v) is 2.93. The third kappa shape index (κ3) is 4.28. The van der Waals surface area contributed by atoms with E-state index in [1.54, 1.807) is 6.07 Å². The molecule has 0 aliphatic rings. The molecule has 4 heteroatoms. The van der Waals surface area contributed by atoms with Crippen LogP contribution >= 0.6 is 0 Å². The van der Waals surface area contributed by atoms with Gasteiger partial charge in [-0.1, -0.05) is 30.3 Å². The van der Waals surface area contributed by atoms with Crippen molar-refractivity contribution in [3.63, 3.8) is 0 Å². The molecule has 0 aliphatic heterocycles. The Hall–Kier alpha value is -2.59. The fraction of sp³-hybridized carbons (Fsp3) is 0.286. The highest BCUT2D eigenvalue weighted by Gasteiger charge is 2.09. The third-order valence-corrected chi connectivity index (χ3v) is 4.19. The number of nitrogen functional groups attached to an aromatic ring is 1. The Morgan fingerprint density at radius 3 is 2.48 bits per heavy atom. The van der Waals surface area contributed by atoms with E-state index in [1.165, 1.54) is 0 Å². The van der Waals surface area contributed by atoms with Crippen LogP contribution < -0.4 is 10.5 Å². The number of fused-ring (bicyclic) bond motifs is 1. The summed E-state index contributed by atoms with van der Waals surface area (Å²) in [4.78, 5) is 6.66. The fourth-order valence-electron chi connectivity index (χ4n) is 2.93. The van der Waals surface area contributed by atoms with E-state index in [0.29, 0.717) is 5.82 Å². The molecule has 0 fully saturated rings. The maximum absolute atomic E-state index is 6.05. The quantitative estimate of drug-likeness (QED) is 0.657. The molecule has 1 heterocycles. The second kappa shape index (κ2) is 7.99. The van der Waals surface area contributed by atoms with Crippen molar-refractivity contribution < 1.29 is 4.74 Å². The van der Waals surface area contributed by atoms with Crippen LogP contribution in [0.2, 0.25) is 0 Å². The smallest absolute Gasteiger partial charge is 0.127 e. The van der Waals surface area contributed by atoms with Crippen molar-refractivity contribution in [2.75, 3.05) is 33.0 Å². The zero-order valence-electron chi connectivity index (χ0n) is 14.9. The minimum Gasteiger partial charge on any atom is -0.493 e. The maximum atomic E-state index is 6.05. The summed E-state index contributed by atoms with van der Waals surface area (Å²) in [7, 11) is 4.19. The highest BCUT2D eigenvalue weighted by molar-refractivity contribution is 5.99. The lowest BCUT2D eigenvalue weighted by Gasteiger charge is -2.13. The van der Waals surface area contributed by atoms with Crippen molar-refractivity contribution in [2.45, 2.75) is 12.8 Å². The van der Waals surface area contributed by atoms with E-state index >= 15 is 0 Å². The van der Waals surface area contributed by atoms with E-state index in [9.17, 15) is 0 Å². The predicted octanol–water partition coefficient (Wildman–Crippen LogP) is 4.20. The zero-order valence-corrected chi connectivity index (χ0v) is 14.9. The third-order valence-electron chi connectivity index (χ3n) is 4.19. The van der Waals surface area contributed by atoms with Gasteiger partial charge in [0.25, 0.3) is 0 Å². The Morgan fingerprint density at radius 2 is 1.72 bits per heavy atom. The van der Waals surface area contributed by atoms with Gasteiger partial charge in [0, 0.05) is 10.9 Å². The number of ether oxygens (including phenoxy) is 1. The molecule has 4 nitrogen and oxygen atoms in total. The number of anilines is 1. The van der Waals surface area contributed by atoms with Gasteiger partial charge < -0.3 is 15.4 Å². The van der Waals surface area contributed by atoms with Gasteiger partial charge in [-0.2, -0.15) is 0 Å². The summed E-state index contributed by atoms with van der Waals surface area (Å²) in [6, 6.07) is 18.1. The van der Waals surface area contributed by atoms with Crippen LogP contribution in [-0.2, 0) is 0 Å². The summed E-state index contributed by atoms with van der Waals surface area (Å²) in [5.74, 6) is 1.45. The van der Waals surface area contributed by atoms with Crippen LogP contribution in [0.3, 0.4) is 0 Å². The second-order valence-corrected chi connectivity index (χ2v) is 6.46. The van der Waals surface area contributed by atoms with E-state index in [-0.39, 0.29) is 0 Å². The van der Waals surface area contributed by atoms with E-state index in [2.05, 4.69) is 42.2 Å².